The number of pyridine rings is 1. The summed E-state index contributed by atoms with van der Waals surface area (Å²) in [5, 5.41) is 3.88. The third-order valence-electron chi connectivity index (χ3n) is 5.37. The minimum atomic E-state index is 0.735. The molecule has 4 aromatic rings. The van der Waals surface area contributed by atoms with E-state index in [1.165, 1.54) is 27.3 Å². The van der Waals surface area contributed by atoms with E-state index in [4.69, 9.17) is 14.5 Å². The number of aromatic nitrogens is 1. The van der Waals surface area contributed by atoms with Crippen molar-refractivity contribution in [3.63, 3.8) is 0 Å². The van der Waals surface area contributed by atoms with Crippen molar-refractivity contribution in [3.8, 4) is 22.8 Å². The van der Waals surface area contributed by atoms with Crippen LogP contribution in [0.15, 0.2) is 54.6 Å². The zero-order valence-corrected chi connectivity index (χ0v) is 14.9. The highest BCUT2D eigenvalue weighted by atomic mass is 16.5. The molecule has 0 spiro atoms. The molecule has 5 rings (SSSR count). The molecule has 0 saturated carbocycles. The summed E-state index contributed by atoms with van der Waals surface area (Å²) in [6, 6.07) is 18.9. The van der Waals surface area contributed by atoms with Crippen LogP contribution < -0.4 is 9.47 Å². The Morgan fingerprint density at radius 2 is 1.62 bits per heavy atom. The lowest BCUT2D eigenvalue weighted by atomic mass is 9.81. The first-order valence-corrected chi connectivity index (χ1v) is 8.86. The van der Waals surface area contributed by atoms with Crippen LogP contribution in [-0.4, -0.2) is 19.2 Å². The molecule has 0 aliphatic heterocycles. The second-order valence-electron chi connectivity index (χ2n) is 6.67. The van der Waals surface area contributed by atoms with Gasteiger partial charge in [0.25, 0.3) is 0 Å². The van der Waals surface area contributed by atoms with Gasteiger partial charge in [-0.3, -0.25) is 0 Å². The molecule has 3 nitrogen and oxygen atoms in total. The largest absolute Gasteiger partial charge is 0.493 e. The Morgan fingerprint density at radius 3 is 2.38 bits per heavy atom. The number of fused-ring (bicyclic) bond motifs is 5. The van der Waals surface area contributed by atoms with E-state index in [1.54, 1.807) is 14.2 Å². The molecule has 0 saturated heterocycles. The number of aryl methyl sites for hydroxylation is 1. The Labute approximate surface area is 152 Å². The second-order valence-corrected chi connectivity index (χ2v) is 6.67. The predicted molar refractivity (Wildman–Crippen MR) is 105 cm³/mol. The maximum absolute atomic E-state index is 5.48. The minimum absolute atomic E-state index is 0.735. The molecule has 0 unspecified atom stereocenters. The van der Waals surface area contributed by atoms with Crippen LogP contribution in [0.25, 0.3) is 32.9 Å². The van der Waals surface area contributed by atoms with E-state index in [-0.39, 0.29) is 0 Å². The van der Waals surface area contributed by atoms with Crippen molar-refractivity contribution in [1.82, 2.24) is 4.98 Å². The van der Waals surface area contributed by atoms with Crippen LogP contribution in [0.5, 0.6) is 11.5 Å². The SMILES string of the molecule is COc1ccc(-c2nc3ccc4ccccc4c3c3c2CC3)cc1OC. The zero-order chi connectivity index (χ0) is 17.7. The highest BCUT2D eigenvalue weighted by Gasteiger charge is 2.24. The molecule has 1 aromatic heterocycles. The number of ether oxygens (including phenoxy) is 2. The molecular formula is C23H19NO2. The van der Waals surface area contributed by atoms with Crippen LogP contribution in [0.1, 0.15) is 11.1 Å². The Morgan fingerprint density at radius 1 is 0.808 bits per heavy atom. The summed E-state index contributed by atoms with van der Waals surface area (Å²) in [5.41, 5.74) is 6.01. The van der Waals surface area contributed by atoms with Crippen LogP contribution in [0, 0.1) is 0 Å². The smallest absolute Gasteiger partial charge is 0.161 e. The molecule has 3 heteroatoms. The fourth-order valence-corrected chi connectivity index (χ4v) is 3.99. The molecule has 0 radical (unpaired) electrons. The van der Waals surface area contributed by atoms with Gasteiger partial charge in [0.1, 0.15) is 0 Å². The Balaban J connectivity index is 1.78. The number of nitrogens with zero attached hydrogens (tertiary/aromatic N) is 1. The summed E-state index contributed by atoms with van der Waals surface area (Å²) in [7, 11) is 3.32. The molecule has 1 aliphatic carbocycles. The van der Waals surface area contributed by atoms with E-state index in [0.29, 0.717) is 0 Å². The molecule has 0 bridgehead atoms. The van der Waals surface area contributed by atoms with E-state index in [1.807, 2.05) is 12.1 Å². The quantitative estimate of drug-likeness (QED) is 0.482. The Kier molecular flexibility index (Phi) is 3.35. The van der Waals surface area contributed by atoms with Gasteiger partial charge in [-0.25, -0.2) is 4.98 Å². The van der Waals surface area contributed by atoms with Gasteiger partial charge in [0.05, 0.1) is 25.4 Å². The first kappa shape index (κ1) is 15.2. The molecule has 0 amide bonds. The van der Waals surface area contributed by atoms with Gasteiger partial charge in [0, 0.05) is 10.9 Å². The first-order chi connectivity index (χ1) is 12.8. The zero-order valence-electron chi connectivity index (χ0n) is 14.9. The summed E-state index contributed by atoms with van der Waals surface area (Å²) in [6.45, 7) is 0. The van der Waals surface area contributed by atoms with Gasteiger partial charge in [-0.05, 0) is 59.0 Å². The van der Waals surface area contributed by atoms with Gasteiger partial charge in [-0.2, -0.15) is 0 Å². The van der Waals surface area contributed by atoms with Crippen molar-refractivity contribution in [2.45, 2.75) is 12.8 Å². The average molecular weight is 341 g/mol. The van der Waals surface area contributed by atoms with Gasteiger partial charge >= 0.3 is 0 Å². The molecule has 128 valence electrons. The number of benzene rings is 3. The van der Waals surface area contributed by atoms with Crippen molar-refractivity contribution < 1.29 is 9.47 Å². The molecule has 1 heterocycles. The molecule has 26 heavy (non-hydrogen) atoms. The third kappa shape index (κ3) is 2.10. The van der Waals surface area contributed by atoms with Crippen molar-refractivity contribution in [2.75, 3.05) is 14.2 Å². The number of rotatable bonds is 3. The van der Waals surface area contributed by atoms with E-state index < -0.39 is 0 Å². The summed E-state index contributed by atoms with van der Waals surface area (Å²) < 4.78 is 10.8. The summed E-state index contributed by atoms with van der Waals surface area (Å²) in [5.74, 6) is 1.47. The van der Waals surface area contributed by atoms with Crippen LogP contribution >= 0.6 is 0 Å². The molecule has 0 fully saturated rings. The summed E-state index contributed by atoms with van der Waals surface area (Å²) >= 11 is 0. The lowest BCUT2D eigenvalue weighted by molar-refractivity contribution is 0.355. The maximum atomic E-state index is 5.48. The number of methoxy groups -OCH3 is 2. The van der Waals surface area contributed by atoms with E-state index >= 15 is 0 Å². The highest BCUT2D eigenvalue weighted by Crippen LogP contribution is 2.41. The molecular weight excluding hydrogens is 322 g/mol. The lowest BCUT2D eigenvalue weighted by Gasteiger charge is -2.25. The van der Waals surface area contributed by atoms with Crippen LogP contribution in [-0.2, 0) is 12.8 Å². The fraction of sp³-hybridized carbons (Fsp3) is 0.174. The van der Waals surface area contributed by atoms with E-state index in [2.05, 4.69) is 42.5 Å². The molecule has 1 aliphatic rings. The van der Waals surface area contributed by atoms with Crippen LogP contribution in [0.2, 0.25) is 0 Å². The molecule has 0 N–H and O–H groups in total. The standard InChI is InChI=1S/C23H19NO2/c1-25-20-12-8-15(13-21(20)26-2)23-18-10-9-17(18)22-16-6-4-3-5-14(16)7-11-19(22)24-23/h3-8,11-13H,9-10H2,1-2H3. The molecule has 0 atom stereocenters. The second kappa shape index (κ2) is 5.73. The fourth-order valence-electron chi connectivity index (χ4n) is 3.99. The predicted octanol–water partition coefficient (Wildman–Crippen LogP) is 5.17. The van der Waals surface area contributed by atoms with Gasteiger partial charge in [-0.1, -0.05) is 30.3 Å². The van der Waals surface area contributed by atoms with Crippen molar-refractivity contribution in [1.29, 1.82) is 0 Å². The number of hydrogen-bond donors (Lipinski definition) is 0. The average Bonchev–Trinajstić information content (AvgIpc) is 2.67. The van der Waals surface area contributed by atoms with Gasteiger partial charge < -0.3 is 9.47 Å². The summed E-state index contributed by atoms with van der Waals surface area (Å²) in [4.78, 5) is 5.04. The lowest BCUT2D eigenvalue weighted by Crippen LogP contribution is -2.13. The number of hydrogen-bond acceptors (Lipinski definition) is 3. The van der Waals surface area contributed by atoms with Gasteiger partial charge in [-0.15, -0.1) is 0 Å². The minimum Gasteiger partial charge on any atom is -0.493 e. The van der Waals surface area contributed by atoms with E-state index in [0.717, 1.165) is 41.1 Å². The molecule has 3 aromatic carbocycles. The highest BCUT2D eigenvalue weighted by molar-refractivity contribution is 6.09. The summed E-state index contributed by atoms with van der Waals surface area (Å²) in [6.07, 6.45) is 2.19. The maximum Gasteiger partial charge on any atom is 0.161 e. The van der Waals surface area contributed by atoms with Crippen molar-refractivity contribution >= 4 is 21.7 Å². The monoisotopic (exact) mass is 341 g/mol. The first-order valence-electron chi connectivity index (χ1n) is 8.86. The Hall–Kier alpha value is -3.07. The van der Waals surface area contributed by atoms with E-state index in [9.17, 15) is 0 Å². The van der Waals surface area contributed by atoms with Crippen LogP contribution in [0.4, 0.5) is 0 Å². The van der Waals surface area contributed by atoms with Gasteiger partial charge in [0.2, 0.25) is 0 Å². The van der Waals surface area contributed by atoms with Crippen molar-refractivity contribution in [2.24, 2.45) is 0 Å². The Bertz CT molecular complexity index is 1160. The van der Waals surface area contributed by atoms with Crippen molar-refractivity contribution in [3.05, 3.63) is 65.7 Å². The normalized spacial score (nSPS) is 12.7. The topological polar surface area (TPSA) is 31.4 Å². The van der Waals surface area contributed by atoms with Gasteiger partial charge in [0.15, 0.2) is 11.5 Å². The third-order valence-corrected chi connectivity index (χ3v) is 5.37. The van der Waals surface area contributed by atoms with Crippen LogP contribution in [0.3, 0.4) is 0 Å².